The molecule has 0 aromatic rings. The molecule has 0 heterocycles. The standard InChI is InChI=1S/Al.K.Li.H4O4Si.5H/c;;;1-5(2,3)4;;;;;/h;;;1-4H;;;;;. The monoisotopic (exact) mass is 174 g/mol. The molecule has 8 heavy (non-hydrogen) atoms. The van der Waals surface area contributed by atoms with Crippen molar-refractivity contribution in [3.63, 3.8) is 0 Å². The van der Waals surface area contributed by atoms with E-state index in [9.17, 15) is 0 Å². The van der Waals surface area contributed by atoms with Gasteiger partial charge >= 0.3 is 79.3 Å². The molecule has 0 aliphatic heterocycles. The summed E-state index contributed by atoms with van der Waals surface area (Å²) in [6.07, 6.45) is 0. The van der Waals surface area contributed by atoms with Crippen LogP contribution >= 0.6 is 0 Å². The zero-order valence-electron chi connectivity index (χ0n) is 2.29. The number of rotatable bonds is 0. The third-order valence-electron chi connectivity index (χ3n) is 0. The van der Waals surface area contributed by atoms with Gasteiger partial charge in [0.1, 0.15) is 0 Å². The van der Waals surface area contributed by atoms with E-state index >= 15 is 0 Å². The van der Waals surface area contributed by atoms with Crippen molar-refractivity contribution in [3.05, 3.63) is 0 Å². The summed E-state index contributed by atoms with van der Waals surface area (Å²) < 4.78 is 0. The molecule has 0 spiro atoms. The predicted octanol–water partition coefficient (Wildman–Crippen LogP) is -5.09. The summed E-state index contributed by atoms with van der Waals surface area (Å²) in [5.74, 6) is 0. The predicted molar refractivity (Wildman–Crippen MR) is 38.9 cm³/mol. The number of hydrogen-bond donors (Lipinski definition) is 4. The van der Waals surface area contributed by atoms with E-state index in [-0.39, 0.29) is 87.6 Å². The van der Waals surface area contributed by atoms with Crippen molar-refractivity contribution in [3.8, 4) is 0 Å². The molecule has 8 heteroatoms. The van der Waals surface area contributed by atoms with Crippen LogP contribution in [0.1, 0.15) is 0 Å². The Labute approximate surface area is 114 Å². The minimum atomic E-state index is -4.61. The summed E-state index contributed by atoms with van der Waals surface area (Å²) >= 11 is 0. The molecule has 0 aliphatic carbocycles. The van der Waals surface area contributed by atoms with Crippen LogP contribution in [0.4, 0.5) is 0 Å². The van der Waals surface area contributed by atoms with Crippen molar-refractivity contribution in [1.29, 1.82) is 0 Å². The van der Waals surface area contributed by atoms with E-state index in [0.717, 1.165) is 0 Å². The Bertz CT molecular complexity index is 31.5. The van der Waals surface area contributed by atoms with Crippen LogP contribution in [-0.4, -0.2) is 116 Å². The van der Waals surface area contributed by atoms with E-state index < -0.39 is 9.05 Å². The van der Waals surface area contributed by atoms with Gasteiger partial charge in [0.25, 0.3) is 0 Å². The Kier molecular flexibility index (Phi) is 27.5. The molecule has 0 rings (SSSR count). The minimum absolute atomic E-state index is 0. The SMILES string of the molecule is O[Si](O)(O)O.[AlH3].[KH].[LiH]. The van der Waals surface area contributed by atoms with E-state index in [1.807, 2.05) is 0 Å². The van der Waals surface area contributed by atoms with Gasteiger partial charge in [0, 0.05) is 0 Å². The normalized spacial score (nSPS) is 7.50. The number of hydrogen-bond acceptors (Lipinski definition) is 4. The Balaban J connectivity index is -0.0000000267. The first-order valence-corrected chi connectivity index (χ1v) is 2.68. The first-order valence-electron chi connectivity index (χ1n) is 0.894. The summed E-state index contributed by atoms with van der Waals surface area (Å²) in [7, 11) is -4.61. The zero-order chi connectivity index (χ0) is 4.50. The molecule has 0 aliphatic rings. The van der Waals surface area contributed by atoms with Crippen LogP contribution in [-0.2, 0) is 0 Å². The van der Waals surface area contributed by atoms with E-state index in [4.69, 9.17) is 19.2 Å². The second-order valence-electron chi connectivity index (χ2n) is 0.600. The van der Waals surface area contributed by atoms with Crippen LogP contribution in [0.2, 0.25) is 0 Å². The molecule has 42 valence electrons. The molecular formula is H9AlKLiO4Si. The van der Waals surface area contributed by atoms with E-state index in [1.165, 1.54) is 0 Å². The molecule has 0 bridgehead atoms. The Morgan fingerprint density at radius 1 is 0.875 bits per heavy atom. The second-order valence-corrected chi connectivity index (χ2v) is 1.80. The summed E-state index contributed by atoms with van der Waals surface area (Å²) in [6, 6.07) is 0. The Hall–Kier alpha value is 2.82. The molecule has 0 aromatic carbocycles. The molecule has 0 saturated carbocycles. The van der Waals surface area contributed by atoms with Gasteiger partial charge in [-0.1, -0.05) is 0 Å². The molecule has 0 fully saturated rings. The fourth-order valence-electron chi connectivity index (χ4n) is 0. The molecule has 0 aromatic heterocycles. The van der Waals surface area contributed by atoms with E-state index in [0.29, 0.717) is 0 Å². The van der Waals surface area contributed by atoms with Crippen LogP contribution in [0.3, 0.4) is 0 Å². The molecular weight excluding hydrogens is 165 g/mol. The van der Waals surface area contributed by atoms with Gasteiger partial charge in [-0.15, -0.1) is 0 Å². The van der Waals surface area contributed by atoms with Gasteiger partial charge in [-0.25, -0.2) is 0 Å². The molecule has 0 radical (unpaired) electrons. The zero-order valence-corrected chi connectivity index (χ0v) is 3.29. The molecule has 0 amide bonds. The third-order valence-corrected chi connectivity index (χ3v) is 0. The molecule has 4 N–H and O–H groups in total. The van der Waals surface area contributed by atoms with Crippen LogP contribution in [0, 0.1) is 0 Å². The molecule has 0 saturated heterocycles. The van der Waals surface area contributed by atoms with Crippen molar-refractivity contribution >= 4 is 96.7 Å². The molecule has 0 unspecified atom stereocenters. The van der Waals surface area contributed by atoms with Gasteiger partial charge in [0.15, 0.2) is 17.4 Å². The average molecular weight is 174 g/mol. The van der Waals surface area contributed by atoms with E-state index in [2.05, 4.69) is 0 Å². The first-order chi connectivity index (χ1) is 2.00. The van der Waals surface area contributed by atoms with Gasteiger partial charge in [-0.3, -0.25) is 0 Å². The maximum absolute atomic E-state index is 7.33. The van der Waals surface area contributed by atoms with Gasteiger partial charge in [0.05, 0.1) is 0 Å². The van der Waals surface area contributed by atoms with Gasteiger partial charge in [-0.05, 0) is 0 Å². The topological polar surface area (TPSA) is 80.9 Å². The maximum atomic E-state index is 7.33. The second kappa shape index (κ2) is 9.82. The summed E-state index contributed by atoms with van der Waals surface area (Å²) in [6.45, 7) is 0. The summed E-state index contributed by atoms with van der Waals surface area (Å²) in [5, 5.41) is 0. The van der Waals surface area contributed by atoms with Gasteiger partial charge in [0.2, 0.25) is 0 Å². The van der Waals surface area contributed by atoms with Crippen LogP contribution in [0.25, 0.3) is 0 Å². The van der Waals surface area contributed by atoms with Crippen LogP contribution in [0.15, 0.2) is 0 Å². The van der Waals surface area contributed by atoms with Crippen molar-refractivity contribution in [1.82, 2.24) is 0 Å². The average Bonchev–Trinajstić information content (AvgIpc) is 0.722. The van der Waals surface area contributed by atoms with Crippen molar-refractivity contribution in [2.45, 2.75) is 0 Å². The first kappa shape index (κ1) is 22.4. The molecule has 4 nitrogen and oxygen atoms in total. The van der Waals surface area contributed by atoms with Gasteiger partial charge < -0.3 is 19.2 Å². The van der Waals surface area contributed by atoms with Crippen LogP contribution in [0.5, 0.6) is 0 Å². The van der Waals surface area contributed by atoms with Crippen molar-refractivity contribution in [2.75, 3.05) is 0 Å². The Morgan fingerprint density at radius 2 is 0.875 bits per heavy atom. The van der Waals surface area contributed by atoms with Crippen LogP contribution < -0.4 is 0 Å². The third kappa shape index (κ3) is 67.8. The fourth-order valence-corrected chi connectivity index (χ4v) is 0. The summed E-state index contributed by atoms with van der Waals surface area (Å²) in [4.78, 5) is 29.3. The van der Waals surface area contributed by atoms with Gasteiger partial charge in [-0.2, -0.15) is 0 Å². The van der Waals surface area contributed by atoms with Crippen molar-refractivity contribution < 1.29 is 19.2 Å². The van der Waals surface area contributed by atoms with E-state index in [1.54, 1.807) is 0 Å². The molecule has 0 atom stereocenters. The Morgan fingerprint density at radius 3 is 0.875 bits per heavy atom. The fraction of sp³-hybridized carbons (Fsp3) is 0. The quantitative estimate of drug-likeness (QED) is 0.277. The van der Waals surface area contributed by atoms with Crippen molar-refractivity contribution in [2.24, 2.45) is 0 Å². The summed E-state index contributed by atoms with van der Waals surface area (Å²) in [5.41, 5.74) is 0.